The van der Waals surface area contributed by atoms with Crippen LogP contribution < -0.4 is 122 Å². The van der Waals surface area contributed by atoms with Crippen molar-refractivity contribution in [1.29, 1.82) is 0 Å². The predicted octanol–water partition coefficient (Wildman–Crippen LogP) is 14.2. The molecule has 4 N–H and O–H groups in total. The largest absolute Gasteiger partial charge is 1.00 e. The molecule has 0 spiro atoms. The Kier molecular flexibility index (Phi) is 32.8. The number of aromatic hydroxyl groups is 4. The van der Waals surface area contributed by atoms with Crippen LogP contribution in [0.2, 0.25) is 0 Å². The first kappa shape index (κ1) is 94.7. The number of phenolic OH excluding ortho intramolecular Hbond substituents is 4. The van der Waals surface area contributed by atoms with Crippen LogP contribution in [-0.4, -0.2) is 53.5 Å². The smallest absolute Gasteiger partial charge is 0.744 e. The first-order chi connectivity index (χ1) is 53.5. The fraction of sp³-hybridized carbons (Fsp3) is 0.0256. The van der Waals surface area contributed by atoms with Crippen LogP contribution in [0.4, 0.5) is 87.8 Å². The van der Waals surface area contributed by atoms with Crippen LogP contribution in [0, 0.1) is 148 Å². The van der Waals surface area contributed by atoms with Gasteiger partial charge < -0.3 is 48.5 Å². The van der Waals surface area contributed by atoms with Gasteiger partial charge in [0.1, 0.15) is 88.5 Å². The van der Waals surface area contributed by atoms with Gasteiger partial charge >= 0.3 is 103 Å². The molecular formula is C78H40F20K2O14S2. The van der Waals surface area contributed by atoms with Crippen molar-refractivity contribution in [3.8, 4) is 132 Å². The summed E-state index contributed by atoms with van der Waals surface area (Å²) in [5, 5.41) is 35.9. The maximum Gasteiger partial charge on any atom is 1.00 e. The molecule has 0 radical (unpaired) electrons. The van der Waals surface area contributed by atoms with Crippen molar-refractivity contribution in [3.05, 3.63) is 303 Å². The van der Waals surface area contributed by atoms with Gasteiger partial charge in [-0.05, 0) is 138 Å². The summed E-state index contributed by atoms with van der Waals surface area (Å²) in [7, 11) is -8.81. The summed E-state index contributed by atoms with van der Waals surface area (Å²) in [6.45, 7) is 1.66. The van der Waals surface area contributed by atoms with Crippen molar-refractivity contribution < 1.29 is 256 Å². The van der Waals surface area contributed by atoms with Crippen LogP contribution >= 0.6 is 0 Å². The Balaban J connectivity index is 0.000000280. The van der Waals surface area contributed by atoms with E-state index in [-0.39, 0.29) is 143 Å². The van der Waals surface area contributed by atoms with E-state index in [1.807, 2.05) is 24.3 Å². The molecule has 0 saturated carbocycles. The summed E-state index contributed by atoms with van der Waals surface area (Å²) in [5.41, 5.74) is -4.42. The second-order valence-corrected chi connectivity index (χ2v) is 25.3. The molecule has 12 aromatic rings. The molecule has 12 rings (SSSR count). The molecule has 116 heavy (non-hydrogen) atoms. The standard InChI is InChI=1S/C40H22F8O7S.C12F10.C12H10O2.C8H4F2.C6H6O5S.2K/c1-4-20-15-19(2)16-26(17-20)53-25-13-14-27(28(18-25)56(49,50)51)55-40-37(47)33(43)30(34(44)38(40)48)29-31(41)35(45)39(36(46)32(29)42)54-24-11-7-22(8-12-24)21-5-9-23(52-3)10-6-21;13-3-1(4(14)8(18)11(21)7(3)17)2-5(15)9(19)12(22)10(20)6(2)16;13-11-5-1-9(2-6-11)10-3-7-12(14)8-4-10;1-2-6-3-7(9)5-8(10)4-6;7-4-1-2-5(8)6(3-4)12(9,10)11;;/h1,5-18H,2-3H3,(H,49,50,51);;1-8,13-14H;1,3-5H;1-3,7-8H,(H,9,10,11);;/q;;;;;2*+1/p-2. The summed E-state index contributed by atoms with van der Waals surface area (Å²) in [6, 6.07) is 38.2. The van der Waals surface area contributed by atoms with E-state index in [0.717, 1.165) is 47.5 Å². The van der Waals surface area contributed by atoms with E-state index in [1.54, 1.807) is 61.5 Å². The quantitative estimate of drug-likeness (QED) is 0.0160. The molecule has 38 heteroatoms. The number of phenols is 4. The first-order valence-electron chi connectivity index (χ1n) is 30.7. The second-order valence-electron chi connectivity index (χ2n) is 22.6. The number of methoxy groups -OCH3 is 1. The molecule has 0 saturated heterocycles. The minimum atomic E-state index is -5.57. The van der Waals surface area contributed by atoms with Crippen molar-refractivity contribution in [3.63, 3.8) is 0 Å². The van der Waals surface area contributed by atoms with E-state index in [1.165, 1.54) is 43.5 Å². The third-order valence-electron chi connectivity index (χ3n) is 15.0. The molecule has 0 heterocycles. The summed E-state index contributed by atoms with van der Waals surface area (Å²) >= 11 is 0. The number of terminal acetylenes is 2. The molecule has 0 fully saturated rings. The van der Waals surface area contributed by atoms with Gasteiger partial charge in [0, 0.05) is 29.3 Å². The van der Waals surface area contributed by atoms with Crippen LogP contribution in [0.25, 0.3) is 44.5 Å². The number of hydrogen-bond donors (Lipinski definition) is 4. The molecule has 590 valence electrons. The fourth-order valence-electron chi connectivity index (χ4n) is 9.72. The molecule has 14 nitrogen and oxygen atoms in total. The summed E-state index contributed by atoms with van der Waals surface area (Å²) < 4.78 is 366. The van der Waals surface area contributed by atoms with Gasteiger partial charge in [-0.1, -0.05) is 60.4 Å². The van der Waals surface area contributed by atoms with Gasteiger partial charge in [0.05, 0.1) is 34.3 Å². The number of ether oxygens (including phenoxy) is 4. The van der Waals surface area contributed by atoms with Crippen LogP contribution in [0.1, 0.15) is 16.7 Å². The molecule has 0 aromatic heterocycles. The van der Waals surface area contributed by atoms with Gasteiger partial charge in [-0.2, -0.15) is 17.6 Å². The van der Waals surface area contributed by atoms with E-state index in [4.69, 9.17) is 52.2 Å². The predicted molar refractivity (Wildman–Crippen MR) is 362 cm³/mol. The average molecular weight is 1720 g/mol. The Morgan fingerprint density at radius 3 is 0.991 bits per heavy atom. The SMILES string of the molecule is C#Cc1cc(C)cc(Oc2ccc(Oc3c(F)c(F)c(-c4c(F)c(F)c(Oc5ccc(-c6ccc(OC)cc6)cc5)c(F)c4F)c(F)c3F)c(S(=O)(=O)[O-])c2)c1.C#Cc1cc(F)cc(F)c1.Fc1c(F)c(F)c(-c2c(F)c(F)c(F)c(F)c2F)c(F)c1F.O=S(=O)([O-])c1cc(O)ccc1O.Oc1ccc(-c2ccc(O)cc2)cc1.[K+].[K+]. The van der Waals surface area contributed by atoms with Gasteiger partial charge in [-0.15, -0.1) is 12.8 Å². The Hall–Kier alpha value is -10.1. The zero-order valence-electron chi connectivity index (χ0n) is 58.6. The minimum Gasteiger partial charge on any atom is -0.744 e. The van der Waals surface area contributed by atoms with Crippen LogP contribution in [-0.2, 0) is 20.2 Å². The molecule has 0 unspecified atom stereocenters. The summed E-state index contributed by atoms with van der Waals surface area (Å²) in [6.07, 6.45) is 10.3. The van der Waals surface area contributed by atoms with Crippen LogP contribution in [0.15, 0.2) is 180 Å². The van der Waals surface area contributed by atoms with Gasteiger partial charge in [-0.25, -0.2) is 87.1 Å². The topological polar surface area (TPSA) is 232 Å². The first-order valence-corrected chi connectivity index (χ1v) is 33.5. The molecule has 0 aliphatic carbocycles. The maximum atomic E-state index is 15.4. The van der Waals surface area contributed by atoms with E-state index in [2.05, 4.69) is 11.8 Å². The van der Waals surface area contributed by atoms with Crippen LogP contribution in [0.3, 0.4) is 0 Å². The van der Waals surface area contributed by atoms with E-state index in [9.17, 15) is 78.6 Å². The average Bonchev–Trinajstić information content (AvgIpc) is 0.750. The summed E-state index contributed by atoms with van der Waals surface area (Å²) in [5.74, 6) is -48.8. The number of benzene rings is 12. The fourth-order valence-corrected chi connectivity index (χ4v) is 10.9. The molecule has 0 aliphatic heterocycles. The molecular weight excluding hydrogens is 1680 g/mol. The number of aryl methyl sites for hydroxylation is 1. The van der Waals surface area contributed by atoms with Crippen molar-refractivity contribution in [2.45, 2.75) is 16.7 Å². The minimum absolute atomic E-state index is 0. The van der Waals surface area contributed by atoms with E-state index >= 15 is 35.1 Å². The molecule has 0 bridgehead atoms. The second kappa shape index (κ2) is 40.1. The van der Waals surface area contributed by atoms with Gasteiger partial charge in [0.2, 0.25) is 46.4 Å². The van der Waals surface area contributed by atoms with Gasteiger partial charge in [0.25, 0.3) is 0 Å². The number of hydrogen-bond acceptors (Lipinski definition) is 14. The Labute approximate surface area is 727 Å². The monoisotopic (exact) mass is 1720 g/mol. The van der Waals surface area contributed by atoms with Crippen LogP contribution in [0.5, 0.6) is 63.2 Å². The third-order valence-corrected chi connectivity index (χ3v) is 16.7. The number of rotatable bonds is 13. The van der Waals surface area contributed by atoms with E-state index < -0.39 is 192 Å². The van der Waals surface area contributed by atoms with Crippen molar-refractivity contribution in [2.75, 3.05) is 7.11 Å². The normalized spacial score (nSPS) is 10.7. The Morgan fingerprint density at radius 1 is 0.319 bits per heavy atom. The molecule has 0 atom stereocenters. The Bertz CT molecular complexity index is 5800. The zero-order chi connectivity index (χ0) is 84.4. The van der Waals surface area contributed by atoms with Gasteiger partial charge in [-0.3, -0.25) is 0 Å². The Morgan fingerprint density at radius 2 is 0.638 bits per heavy atom. The molecule has 0 amide bonds. The third kappa shape index (κ3) is 22.3. The van der Waals surface area contributed by atoms with E-state index in [0.29, 0.717) is 46.2 Å². The molecule has 12 aromatic carbocycles. The van der Waals surface area contributed by atoms with Crippen molar-refractivity contribution >= 4 is 20.2 Å². The summed E-state index contributed by atoms with van der Waals surface area (Å²) in [4.78, 5) is -2.14. The van der Waals surface area contributed by atoms with Gasteiger partial charge in [0.15, 0.2) is 69.8 Å². The zero-order valence-corrected chi connectivity index (χ0v) is 66.4. The molecule has 0 aliphatic rings. The van der Waals surface area contributed by atoms with Crippen molar-refractivity contribution in [1.82, 2.24) is 0 Å². The van der Waals surface area contributed by atoms with Crippen molar-refractivity contribution in [2.24, 2.45) is 0 Å². The number of halogens is 20. The maximum absolute atomic E-state index is 15.4.